The van der Waals surface area contributed by atoms with Crippen molar-refractivity contribution in [3.05, 3.63) is 54.6 Å². The first-order valence-corrected chi connectivity index (χ1v) is 6.91. The van der Waals surface area contributed by atoms with Crippen LogP contribution in [0.4, 0.5) is 5.69 Å². The van der Waals surface area contributed by atoms with Crippen molar-refractivity contribution in [2.75, 3.05) is 11.9 Å². The van der Waals surface area contributed by atoms with Crippen LogP contribution in [0.5, 0.6) is 0 Å². The number of anilines is 1. The second kappa shape index (κ2) is 5.88. The normalized spacial score (nSPS) is 18.7. The molecule has 2 aromatic rings. The van der Waals surface area contributed by atoms with Crippen LogP contribution in [0.2, 0.25) is 0 Å². The number of carbonyl (C=O) groups excluding carboxylic acids is 1. The SMILES string of the molecule is O=C(C=CC1CCCO1)Nc1ccc2ccccc2c1. The molecule has 3 heteroatoms. The quantitative estimate of drug-likeness (QED) is 0.864. The summed E-state index contributed by atoms with van der Waals surface area (Å²) in [5.74, 6) is -0.115. The molecule has 3 rings (SSSR count). The number of benzene rings is 2. The Kier molecular flexibility index (Phi) is 3.79. The van der Waals surface area contributed by atoms with Crippen LogP contribution in [-0.4, -0.2) is 18.6 Å². The Labute approximate surface area is 118 Å². The van der Waals surface area contributed by atoms with E-state index >= 15 is 0 Å². The summed E-state index contributed by atoms with van der Waals surface area (Å²) in [4.78, 5) is 11.9. The number of ether oxygens (including phenoxy) is 1. The van der Waals surface area contributed by atoms with Gasteiger partial charge in [-0.1, -0.05) is 36.4 Å². The summed E-state index contributed by atoms with van der Waals surface area (Å²) in [7, 11) is 0. The molecule has 20 heavy (non-hydrogen) atoms. The fourth-order valence-electron chi connectivity index (χ4n) is 2.40. The fraction of sp³-hybridized carbons (Fsp3) is 0.235. The van der Waals surface area contributed by atoms with Crippen molar-refractivity contribution < 1.29 is 9.53 Å². The number of nitrogens with one attached hydrogen (secondary N) is 1. The predicted molar refractivity (Wildman–Crippen MR) is 80.7 cm³/mol. The lowest BCUT2D eigenvalue weighted by atomic mass is 10.1. The minimum atomic E-state index is -0.115. The Morgan fingerprint density at radius 2 is 2.05 bits per heavy atom. The third-order valence-corrected chi connectivity index (χ3v) is 3.44. The average Bonchev–Trinajstić information content (AvgIpc) is 2.98. The Morgan fingerprint density at radius 1 is 1.20 bits per heavy atom. The minimum Gasteiger partial charge on any atom is -0.374 e. The van der Waals surface area contributed by atoms with Gasteiger partial charge >= 0.3 is 0 Å². The molecule has 1 atom stereocenters. The second-order valence-corrected chi connectivity index (χ2v) is 4.96. The van der Waals surface area contributed by atoms with Crippen molar-refractivity contribution in [1.82, 2.24) is 0 Å². The van der Waals surface area contributed by atoms with Gasteiger partial charge in [-0.3, -0.25) is 4.79 Å². The Morgan fingerprint density at radius 3 is 2.85 bits per heavy atom. The topological polar surface area (TPSA) is 38.3 Å². The zero-order valence-electron chi connectivity index (χ0n) is 11.2. The Hall–Kier alpha value is -2.13. The van der Waals surface area contributed by atoms with Gasteiger partial charge in [0.15, 0.2) is 0 Å². The van der Waals surface area contributed by atoms with Gasteiger partial charge in [-0.05, 0) is 35.7 Å². The van der Waals surface area contributed by atoms with Crippen LogP contribution >= 0.6 is 0 Å². The van der Waals surface area contributed by atoms with E-state index in [9.17, 15) is 4.79 Å². The number of hydrogen-bond acceptors (Lipinski definition) is 2. The number of fused-ring (bicyclic) bond motifs is 1. The smallest absolute Gasteiger partial charge is 0.248 e. The van der Waals surface area contributed by atoms with E-state index in [1.165, 1.54) is 5.39 Å². The zero-order valence-corrected chi connectivity index (χ0v) is 11.2. The number of amides is 1. The van der Waals surface area contributed by atoms with E-state index in [-0.39, 0.29) is 12.0 Å². The number of rotatable bonds is 3. The van der Waals surface area contributed by atoms with E-state index in [1.807, 2.05) is 42.5 Å². The molecule has 0 aliphatic carbocycles. The van der Waals surface area contributed by atoms with Gasteiger partial charge in [0.2, 0.25) is 5.91 Å². The second-order valence-electron chi connectivity index (χ2n) is 4.96. The maximum absolute atomic E-state index is 11.9. The molecule has 0 radical (unpaired) electrons. The molecule has 1 aliphatic rings. The molecular formula is C17H17NO2. The molecule has 1 saturated heterocycles. The van der Waals surface area contributed by atoms with Crippen molar-refractivity contribution in [2.45, 2.75) is 18.9 Å². The molecule has 2 aromatic carbocycles. The van der Waals surface area contributed by atoms with Crippen LogP contribution in [0.25, 0.3) is 10.8 Å². The van der Waals surface area contributed by atoms with Crippen LogP contribution in [-0.2, 0) is 9.53 Å². The molecule has 1 amide bonds. The lowest BCUT2D eigenvalue weighted by Crippen LogP contribution is -2.09. The van der Waals surface area contributed by atoms with Crippen molar-refractivity contribution in [3.63, 3.8) is 0 Å². The average molecular weight is 267 g/mol. The van der Waals surface area contributed by atoms with Crippen LogP contribution in [0, 0.1) is 0 Å². The Balaban J connectivity index is 1.67. The number of carbonyl (C=O) groups is 1. The highest BCUT2D eigenvalue weighted by molar-refractivity contribution is 6.00. The van der Waals surface area contributed by atoms with Crippen molar-refractivity contribution in [3.8, 4) is 0 Å². The first kappa shape index (κ1) is 12.9. The van der Waals surface area contributed by atoms with Gasteiger partial charge in [0.05, 0.1) is 6.10 Å². The van der Waals surface area contributed by atoms with E-state index in [2.05, 4.69) is 11.4 Å². The van der Waals surface area contributed by atoms with E-state index in [1.54, 1.807) is 6.08 Å². The molecule has 1 N–H and O–H groups in total. The predicted octanol–water partition coefficient (Wildman–Crippen LogP) is 3.51. The maximum Gasteiger partial charge on any atom is 0.248 e. The monoisotopic (exact) mass is 267 g/mol. The van der Waals surface area contributed by atoms with Gasteiger partial charge in [0.25, 0.3) is 0 Å². The summed E-state index contributed by atoms with van der Waals surface area (Å²) in [6.45, 7) is 0.793. The standard InChI is InChI=1S/C17H17NO2/c19-17(10-9-16-6-3-11-20-16)18-15-8-7-13-4-1-2-5-14(13)12-15/h1-2,4-5,7-10,12,16H,3,6,11H2,(H,18,19). The highest BCUT2D eigenvalue weighted by Crippen LogP contribution is 2.19. The van der Waals surface area contributed by atoms with E-state index in [0.717, 1.165) is 30.5 Å². The zero-order chi connectivity index (χ0) is 13.8. The molecule has 0 spiro atoms. The lowest BCUT2D eigenvalue weighted by Gasteiger charge is -2.05. The van der Waals surface area contributed by atoms with Crippen molar-refractivity contribution in [1.29, 1.82) is 0 Å². The molecule has 1 heterocycles. The lowest BCUT2D eigenvalue weighted by molar-refractivity contribution is -0.112. The first-order chi connectivity index (χ1) is 9.81. The minimum absolute atomic E-state index is 0.0948. The third kappa shape index (κ3) is 3.06. The van der Waals surface area contributed by atoms with Gasteiger partial charge in [-0.15, -0.1) is 0 Å². The van der Waals surface area contributed by atoms with Gasteiger partial charge in [-0.25, -0.2) is 0 Å². The molecule has 0 aromatic heterocycles. The Bertz CT molecular complexity index is 642. The van der Waals surface area contributed by atoms with Crippen LogP contribution in [0.15, 0.2) is 54.6 Å². The summed E-state index contributed by atoms with van der Waals surface area (Å²) >= 11 is 0. The van der Waals surface area contributed by atoms with Crippen LogP contribution < -0.4 is 5.32 Å². The molecule has 1 fully saturated rings. The molecule has 0 saturated carbocycles. The van der Waals surface area contributed by atoms with Gasteiger partial charge < -0.3 is 10.1 Å². The van der Waals surface area contributed by atoms with Crippen LogP contribution in [0.3, 0.4) is 0 Å². The molecule has 102 valence electrons. The van der Waals surface area contributed by atoms with E-state index < -0.39 is 0 Å². The summed E-state index contributed by atoms with van der Waals surface area (Å²) in [6.07, 6.45) is 5.56. The largest absolute Gasteiger partial charge is 0.374 e. The maximum atomic E-state index is 11.9. The molecule has 3 nitrogen and oxygen atoms in total. The van der Waals surface area contributed by atoms with Gasteiger partial charge in [-0.2, -0.15) is 0 Å². The van der Waals surface area contributed by atoms with Crippen molar-refractivity contribution in [2.24, 2.45) is 0 Å². The van der Waals surface area contributed by atoms with Crippen molar-refractivity contribution >= 4 is 22.4 Å². The summed E-state index contributed by atoms with van der Waals surface area (Å²) in [6, 6.07) is 14.0. The molecular weight excluding hydrogens is 250 g/mol. The highest BCUT2D eigenvalue weighted by atomic mass is 16.5. The summed E-state index contributed by atoms with van der Waals surface area (Å²) in [5.41, 5.74) is 0.811. The molecule has 0 bridgehead atoms. The first-order valence-electron chi connectivity index (χ1n) is 6.91. The van der Waals surface area contributed by atoms with Crippen LogP contribution in [0.1, 0.15) is 12.8 Å². The van der Waals surface area contributed by atoms with E-state index in [0.29, 0.717) is 0 Å². The van der Waals surface area contributed by atoms with Gasteiger partial charge in [0.1, 0.15) is 0 Å². The number of hydrogen-bond donors (Lipinski definition) is 1. The third-order valence-electron chi connectivity index (χ3n) is 3.44. The molecule has 1 unspecified atom stereocenters. The summed E-state index contributed by atoms with van der Waals surface area (Å²) < 4.78 is 5.44. The summed E-state index contributed by atoms with van der Waals surface area (Å²) in [5, 5.41) is 5.16. The molecule has 1 aliphatic heterocycles. The fourth-order valence-corrected chi connectivity index (χ4v) is 2.40. The van der Waals surface area contributed by atoms with E-state index in [4.69, 9.17) is 4.74 Å². The highest BCUT2D eigenvalue weighted by Gasteiger charge is 2.12. The van der Waals surface area contributed by atoms with Gasteiger partial charge in [0, 0.05) is 18.4 Å².